The molecular weight excluding hydrogens is 204 g/mol. The molecule has 0 saturated carbocycles. The molecule has 0 aliphatic heterocycles. The number of thioether (sulfide) groups is 1. The van der Waals surface area contributed by atoms with Gasteiger partial charge in [-0.15, -0.1) is 0 Å². The van der Waals surface area contributed by atoms with Crippen LogP contribution in [0.4, 0.5) is 0 Å². The predicted molar refractivity (Wildman–Crippen MR) is 59.5 cm³/mol. The molecule has 0 atom stereocenters. The van der Waals surface area contributed by atoms with Crippen LogP contribution in [0, 0.1) is 0 Å². The summed E-state index contributed by atoms with van der Waals surface area (Å²) in [6, 6.07) is 0. The van der Waals surface area contributed by atoms with Crippen molar-refractivity contribution < 1.29 is 0 Å². The Bertz CT molecular complexity index is 247. The van der Waals surface area contributed by atoms with Crippen LogP contribution in [-0.4, -0.2) is 27.4 Å². The number of nitrogens with one attached hydrogen (secondary N) is 2. The lowest BCUT2D eigenvalue weighted by Gasteiger charge is -2.01. The van der Waals surface area contributed by atoms with E-state index in [-0.39, 0.29) is 0 Å². The summed E-state index contributed by atoms with van der Waals surface area (Å²) in [7, 11) is 0. The highest BCUT2D eigenvalue weighted by molar-refractivity contribution is 7.98. The Morgan fingerprint density at radius 3 is 3.23 bits per heavy atom. The number of imidazole rings is 1. The molecule has 1 aromatic heterocycles. The summed E-state index contributed by atoms with van der Waals surface area (Å²) in [5.41, 5.74) is 6.33. The highest BCUT2D eigenvalue weighted by atomic mass is 32.2. The molecule has 13 heavy (non-hydrogen) atoms. The van der Waals surface area contributed by atoms with Crippen molar-refractivity contribution in [3.05, 3.63) is 18.2 Å². The Morgan fingerprint density at radius 1 is 1.77 bits per heavy atom. The lowest BCUT2D eigenvalue weighted by molar-refractivity contribution is 0.982. The normalized spacial score (nSPS) is 9.85. The first-order valence-electron chi connectivity index (χ1n) is 3.88. The van der Waals surface area contributed by atoms with E-state index in [1.807, 2.05) is 6.20 Å². The SMILES string of the molecule is NC(=S)NCCSCc1c[nH]cn1. The van der Waals surface area contributed by atoms with Crippen LogP contribution in [0.1, 0.15) is 5.69 Å². The molecule has 0 amide bonds. The first kappa shape index (κ1) is 10.3. The summed E-state index contributed by atoms with van der Waals surface area (Å²) in [4.78, 5) is 7.01. The molecule has 0 bridgehead atoms. The van der Waals surface area contributed by atoms with Crippen LogP contribution in [0.15, 0.2) is 12.5 Å². The van der Waals surface area contributed by atoms with E-state index in [1.54, 1.807) is 18.1 Å². The van der Waals surface area contributed by atoms with Crippen LogP contribution < -0.4 is 11.1 Å². The zero-order chi connectivity index (χ0) is 9.52. The minimum absolute atomic E-state index is 0.361. The lowest BCUT2D eigenvalue weighted by Crippen LogP contribution is -2.30. The number of aromatic amines is 1. The summed E-state index contributed by atoms with van der Waals surface area (Å²) in [5.74, 6) is 1.90. The summed E-state index contributed by atoms with van der Waals surface area (Å²) >= 11 is 6.46. The molecule has 4 N–H and O–H groups in total. The fourth-order valence-corrected chi connectivity index (χ4v) is 1.65. The van der Waals surface area contributed by atoms with Gasteiger partial charge in [0, 0.05) is 24.2 Å². The van der Waals surface area contributed by atoms with Gasteiger partial charge in [0.25, 0.3) is 0 Å². The quantitative estimate of drug-likeness (QED) is 0.493. The maximum absolute atomic E-state index is 5.26. The van der Waals surface area contributed by atoms with Crippen LogP contribution in [0.5, 0.6) is 0 Å². The molecule has 72 valence electrons. The average molecular weight is 216 g/mol. The highest BCUT2D eigenvalue weighted by Gasteiger charge is 1.94. The van der Waals surface area contributed by atoms with E-state index < -0.39 is 0 Å². The fraction of sp³-hybridized carbons (Fsp3) is 0.429. The Balaban J connectivity index is 1.99. The Morgan fingerprint density at radius 2 is 2.62 bits per heavy atom. The molecule has 1 aromatic rings. The smallest absolute Gasteiger partial charge is 0.163 e. The molecule has 0 spiro atoms. The molecule has 1 heterocycles. The van der Waals surface area contributed by atoms with Crippen molar-refractivity contribution in [2.45, 2.75) is 5.75 Å². The number of aromatic nitrogens is 2. The second kappa shape index (κ2) is 5.82. The second-order valence-electron chi connectivity index (χ2n) is 2.40. The van der Waals surface area contributed by atoms with E-state index in [0.29, 0.717) is 5.11 Å². The van der Waals surface area contributed by atoms with Gasteiger partial charge in [-0.05, 0) is 12.2 Å². The van der Waals surface area contributed by atoms with E-state index >= 15 is 0 Å². The number of hydrogen-bond acceptors (Lipinski definition) is 3. The molecular formula is C7H12N4S2. The van der Waals surface area contributed by atoms with Crippen molar-refractivity contribution in [1.29, 1.82) is 0 Å². The van der Waals surface area contributed by atoms with Gasteiger partial charge in [-0.2, -0.15) is 11.8 Å². The molecule has 4 nitrogen and oxygen atoms in total. The molecule has 0 radical (unpaired) electrons. The number of hydrogen-bond donors (Lipinski definition) is 3. The van der Waals surface area contributed by atoms with Crippen molar-refractivity contribution in [2.24, 2.45) is 5.73 Å². The molecule has 0 saturated heterocycles. The standard InChI is InChI=1S/C7H12N4S2/c8-7(12)10-1-2-13-4-6-3-9-5-11-6/h3,5H,1-2,4H2,(H,9,11)(H3,8,10,12). The van der Waals surface area contributed by atoms with Crippen molar-refractivity contribution in [2.75, 3.05) is 12.3 Å². The van der Waals surface area contributed by atoms with Crippen LogP contribution >= 0.6 is 24.0 Å². The Kier molecular flexibility index (Phi) is 4.63. The third-order valence-electron chi connectivity index (χ3n) is 1.35. The van der Waals surface area contributed by atoms with Crippen molar-refractivity contribution in [1.82, 2.24) is 15.3 Å². The van der Waals surface area contributed by atoms with E-state index in [4.69, 9.17) is 5.73 Å². The maximum Gasteiger partial charge on any atom is 0.163 e. The van der Waals surface area contributed by atoms with Gasteiger partial charge in [0.1, 0.15) is 0 Å². The lowest BCUT2D eigenvalue weighted by atomic mass is 10.6. The van der Waals surface area contributed by atoms with Crippen molar-refractivity contribution in [3.8, 4) is 0 Å². The van der Waals surface area contributed by atoms with Gasteiger partial charge < -0.3 is 16.0 Å². The van der Waals surface area contributed by atoms with E-state index in [9.17, 15) is 0 Å². The third-order valence-corrected chi connectivity index (χ3v) is 2.49. The molecule has 0 fully saturated rings. The van der Waals surface area contributed by atoms with Crippen LogP contribution in [-0.2, 0) is 5.75 Å². The summed E-state index contributed by atoms with van der Waals surface area (Å²) < 4.78 is 0. The largest absolute Gasteiger partial charge is 0.376 e. The van der Waals surface area contributed by atoms with Gasteiger partial charge >= 0.3 is 0 Å². The van der Waals surface area contributed by atoms with Gasteiger partial charge in [-0.25, -0.2) is 4.98 Å². The van der Waals surface area contributed by atoms with Crippen LogP contribution in [0.3, 0.4) is 0 Å². The maximum atomic E-state index is 5.26. The van der Waals surface area contributed by atoms with Gasteiger partial charge in [-0.1, -0.05) is 0 Å². The number of nitrogens with two attached hydrogens (primary N) is 1. The predicted octanol–water partition coefficient (Wildman–Crippen LogP) is 0.476. The molecule has 1 rings (SSSR count). The van der Waals surface area contributed by atoms with Crippen LogP contribution in [0.2, 0.25) is 0 Å². The van der Waals surface area contributed by atoms with E-state index in [1.165, 1.54) is 0 Å². The summed E-state index contributed by atoms with van der Waals surface area (Å²) in [6.07, 6.45) is 3.58. The fourth-order valence-electron chi connectivity index (χ4n) is 0.793. The molecule has 6 heteroatoms. The van der Waals surface area contributed by atoms with Crippen molar-refractivity contribution >= 4 is 29.1 Å². The van der Waals surface area contributed by atoms with Crippen molar-refractivity contribution in [3.63, 3.8) is 0 Å². The Labute approximate surface area is 86.7 Å². The minimum Gasteiger partial charge on any atom is -0.376 e. The van der Waals surface area contributed by atoms with Crippen LogP contribution in [0.25, 0.3) is 0 Å². The first-order valence-corrected chi connectivity index (χ1v) is 5.44. The van der Waals surface area contributed by atoms with Gasteiger partial charge in [0.05, 0.1) is 12.0 Å². The highest BCUT2D eigenvalue weighted by Crippen LogP contribution is 2.07. The van der Waals surface area contributed by atoms with E-state index in [0.717, 1.165) is 23.7 Å². The molecule has 0 aliphatic rings. The average Bonchev–Trinajstić information content (AvgIpc) is 2.55. The third kappa shape index (κ3) is 4.74. The molecule has 0 aromatic carbocycles. The number of thiocarbonyl (C=S) groups is 1. The zero-order valence-corrected chi connectivity index (χ0v) is 8.75. The Hall–Kier alpha value is -0.750. The molecule has 0 unspecified atom stereocenters. The number of H-pyrrole nitrogens is 1. The first-order chi connectivity index (χ1) is 6.29. The summed E-state index contributed by atoms with van der Waals surface area (Å²) in [6.45, 7) is 0.810. The molecule has 0 aliphatic carbocycles. The summed E-state index contributed by atoms with van der Waals surface area (Å²) in [5, 5.41) is 3.25. The second-order valence-corrected chi connectivity index (χ2v) is 3.95. The monoisotopic (exact) mass is 216 g/mol. The topological polar surface area (TPSA) is 66.7 Å². The minimum atomic E-state index is 0.361. The van der Waals surface area contributed by atoms with E-state index in [2.05, 4.69) is 27.5 Å². The number of nitrogens with zero attached hydrogens (tertiary/aromatic N) is 1. The zero-order valence-electron chi connectivity index (χ0n) is 7.12. The number of rotatable bonds is 5. The van der Waals surface area contributed by atoms with Gasteiger partial charge in [-0.3, -0.25) is 0 Å². The van der Waals surface area contributed by atoms with Gasteiger partial charge in [0.15, 0.2) is 5.11 Å². The van der Waals surface area contributed by atoms with Gasteiger partial charge in [0.2, 0.25) is 0 Å².